The fourth-order valence-electron chi connectivity index (χ4n) is 4.14. The van der Waals surface area contributed by atoms with Gasteiger partial charge in [0.25, 0.3) is 11.7 Å². The maximum Gasteiger partial charge on any atom is 0.452 e. The Hall–Kier alpha value is -3.96. The topological polar surface area (TPSA) is 117 Å². The number of hydrogen-bond donors (Lipinski definition) is 3. The molecule has 3 atom stereocenters. The van der Waals surface area contributed by atoms with E-state index in [2.05, 4.69) is 20.9 Å². The summed E-state index contributed by atoms with van der Waals surface area (Å²) in [6.07, 6.45) is -3.98. The van der Waals surface area contributed by atoms with E-state index in [1.807, 2.05) is 0 Å². The highest BCUT2D eigenvalue weighted by molar-refractivity contribution is 6.42. The number of aromatic nitrogens is 1. The zero-order valence-corrected chi connectivity index (χ0v) is 24.6. The first-order valence-corrected chi connectivity index (χ1v) is 13.9. The second-order valence-electron chi connectivity index (χ2n) is 10.0. The van der Waals surface area contributed by atoms with Crippen molar-refractivity contribution in [1.29, 1.82) is 0 Å². The van der Waals surface area contributed by atoms with Gasteiger partial charge in [-0.25, -0.2) is 0 Å². The summed E-state index contributed by atoms with van der Waals surface area (Å²) in [5.74, 6) is -5.50. The van der Waals surface area contributed by atoms with Gasteiger partial charge in [-0.3, -0.25) is 24.2 Å². The fourth-order valence-corrected chi connectivity index (χ4v) is 4.46. The molecule has 0 aliphatic heterocycles. The summed E-state index contributed by atoms with van der Waals surface area (Å²) in [5, 5.41) is 7.80. The molecule has 43 heavy (non-hydrogen) atoms. The monoisotopic (exact) mass is 636 g/mol. The van der Waals surface area contributed by atoms with Gasteiger partial charge < -0.3 is 16.0 Å². The van der Waals surface area contributed by atoms with Crippen molar-refractivity contribution in [1.82, 2.24) is 20.9 Å². The number of amides is 3. The van der Waals surface area contributed by atoms with Crippen LogP contribution in [0.15, 0.2) is 72.9 Å². The van der Waals surface area contributed by atoms with Crippen LogP contribution in [0.5, 0.6) is 0 Å². The summed E-state index contributed by atoms with van der Waals surface area (Å²) in [5.41, 5.74) is 1.14. The van der Waals surface area contributed by atoms with Crippen LogP contribution in [0.3, 0.4) is 0 Å². The van der Waals surface area contributed by atoms with Crippen LogP contribution in [-0.4, -0.2) is 52.8 Å². The summed E-state index contributed by atoms with van der Waals surface area (Å²) in [6.45, 7) is 2.72. The summed E-state index contributed by atoms with van der Waals surface area (Å²) in [4.78, 5) is 56.0. The molecule has 0 aliphatic rings. The first-order chi connectivity index (χ1) is 20.3. The van der Waals surface area contributed by atoms with E-state index < -0.39 is 53.7 Å². The molecule has 228 valence electrons. The van der Waals surface area contributed by atoms with Crippen molar-refractivity contribution in [3.05, 3.63) is 99.8 Å². The second kappa shape index (κ2) is 15.0. The number of nitrogens with one attached hydrogen (secondary N) is 3. The third-order valence-electron chi connectivity index (χ3n) is 6.39. The summed E-state index contributed by atoms with van der Waals surface area (Å²) < 4.78 is 39.8. The Morgan fingerprint density at radius 3 is 1.95 bits per heavy atom. The van der Waals surface area contributed by atoms with Gasteiger partial charge in [0, 0.05) is 19.0 Å². The van der Waals surface area contributed by atoms with Crippen LogP contribution in [0, 0.1) is 5.92 Å². The maximum atomic E-state index is 13.7. The smallest absolute Gasteiger partial charge is 0.344 e. The Labute approximate surface area is 256 Å². The lowest BCUT2D eigenvalue weighted by molar-refractivity contribution is -0.175. The molecule has 0 bridgehead atoms. The number of pyridine rings is 1. The van der Waals surface area contributed by atoms with Crippen molar-refractivity contribution in [2.45, 2.75) is 51.0 Å². The molecule has 2 aromatic carbocycles. The van der Waals surface area contributed by atoms with Crippen LogP contribution in [0.4, 0.5) is 13.2 Å². The molecule has 0 radical (unpaired) electrons. The van der Waals surface area contributed by atoms with E-state index in [0.29, 0.717) is 11.1 Å². The quantitative estimate of drug-likeness (QED) is 0.266. The van der Waals surface area contributed by atoms with Crippen molar-refractivity contribution in [3.63, 3.8) is 0 Å². The Kier molecular flexibility index (Phi) is 11.7. The van der Waals surface area contributed by atoms with Crippen LogP contribution in [0.2, 0.25) is 10.0 Å². The van der Waals surface area contributed by atoms with Gasteiger partial charge in [-0.15, -0.1) is 0 Å². The maximum absolute atomic E-state index is 13.7. The van der Waals surface area contributed by atoms with E-state index >= 15 is 0 Å². The molecule has 0 fully saturated rings. The number of carbonyl (C=O) groups excluding carboxylic acids is 4. The number of nitrogens with zero attached hydrogens (tertiary/aromatic N) is 1. The van der Waals surface area contributed by atoms with Gasteiger partial charge in [0.05, 0.1) is 16.1 Å². The molecule has 0 spiro atoms. The number of Topliss-reactive ketones (excluding diaryl/α,β-unsaturated/α-hetero) is 1. The summed E-state index contributed by atoms with van der Waals surface area (Å²) in [7, 11) is 0. The zero-order valence-electron chi connectivity index (χ0n) is 23.1. The molecule has 0 saturated carbocycles. The fraction of sp³-hybridized carbons (Fsp3) is 0.300. The normalized spacial score (nSPS) is 13.5. The van der Waals surface area contributed by atoms with E-state index in [1.165, 1.54) is 38.2 Å². The molecule has 1 heterocycles. The summed E-state index contributed by atoms with van der Waals surface area (Å²) >= 11 is 12.1. The number of ketones is 1. The Balaban J connectivity index is 1.92. The Morgan fingerprint density at radius 1 is 0.767 bits per heavy atom. The molecule has 3 rings (SSSR count). The molecular formula is C30H29Cl2F3N4O4. The van der Waals surface area contributed by atoms with E-state index in [1.54, 1.807) is 48.5 Å². The Morgan fingerprint density at radius 2 is 1.37 bits per heavy atom. The SMILES string of the molecule is CC(C)C(NC(=O)C(Cc1ccccc1)NC(=O)C(Cc1ccc(Cl)c(Cl)c1)NC(=O)c1ccccn1)C(=O)C(F)(F)F. The number of benzene rings is 2. The molecule has 13 heteroatoms. The summed E-state index contributed by atoms with van der Waals surface area (Å²) in [6, 6.07) is 13.2. The van der Waals surface area contributed by atoms with Crippen LogP contribution < -0.4 is 16.0 Å². The van der Waals surface area contributed by atoms with Gasteiger partial charge in [0.2, 0.25) is 11.8 Å². The lowest BCUT2D eigenvalue weighted by Gasteiger charge is -2.27. The number of hydrogen-bond acceptors (Lipinski definition) is 5. The highest BCUT2D eigenvalue weighted by atomic mass is 35.5. The molecule has 3 amide bonds. The second-order valence-corrected chi connectivity index (χ2v) is 10.9. The predicted octanol–water partition coefficient (Wildman–Crippen LogP) is 4.73. The molecule has 1 aromatic heterocycles. The molecule has 0 saturated heterocycles. The van der Waals surface area contributed by atoms with E-state index in [9.17, 15) is 32.3 Å². The van der Waals surface area contributed by atoms with Gasteiger partial charge in [0.15, 0.2) is 0 Å². The number of alkyl halides is 3. The van der Waals surface area contributed by atoms with Crippen molar-refractivity contribution in [2.75, 3.05) is 0 Å². The third kappa shape index (κ3) is 9.79. The number of carbonyl (C=O) groups is 4. The molecule has 0 aliphatic carbocycles. The first-order valence-electron chi connectivity index (χ1n) is 13.2. The largest absolute Gasteiger partial charge is 0.452 e. The van der Waals surface area contributed by atoms with Crippen LogP contribution in [-0.2, 0) is 27.2 Å². The molecule has 3 N–H and O–H groups in total. The molecule has 8 nitrogen and oxygen atoms in total. The third-order valence-corrected chi connectivity index (χ3v) is 7.12. The minimum Gasteiger partial charge on any atom is -0.344 e. The highest BCUT2D eigenvalue weighted by Gasteiger charge is 2.45. The standard InChI is InChI=1S/C30H29Cl2F3N4O4/c1-17(2)25(26(40)30(33,34)35)39-29(43)23(15-18-8-4-3-5-9-18)38-28(42)24(16-19-11-12-20(31)21(32)14-19)37-27(41)22-10-6-7-13-36-22/h3-14,17,23-25H,15-16H2,1-2H3,(H,37,41)(H,38,42)(H,39,43). The minimum atomic E-state index is -5.18. The van der Waals surface area contributed by atoms with Crippen LogP contribution in [0.1, 0.15) is 35.5 Å². The van der Waals surface area contributed by atoms with Gasteiger partial charge in [0.1, 0.15) is 17.8 Å². The van der Waals surface area contributed by atoms with E-state index in [4.69, 9.17) is 23.2 Å². The average Bonchev–Trinajstić information content (AvgIpc) is 2.96. The van der Waals surface area contributed by atoms with Gasteiger partial charge in [-0.1, -0.05) is 79.5 Å². The predicted molar refractivity (Wildman–Crippen MR) is 156 cm³/mol. The average molecular weight is 637 g/mol. The van der Waals surface area contributed by atoms with Crippen LogP contribution in [0.25, 0.3) is 0 Å². The lowest BCUT2D eigenvalue weighted by atomic mass is 9.97. The molecule has 3 unspecified atom stereocenters. The minimum absolute atomic E-state index is 0.0263. The van der Waals surface area contributed by atoms with Crippen molar-refractivity contribution in [2.24, 2.45) is 5.92 Å². The first kappa shape index (κ1) is 33.5. The molecular weight excluding hydrogens is 608 g/mol. The van der Waals surface area contributed by atoms with E-state index in [0.717, 1.165) is 0 Å². The molecule has 3 aromatic rings. The highest BCUT2D eigenvalue weighted by Crippen LogP contribution is 2.24. The van der Waals surface area contributed by atoms with Gasteiger partial charge >= 0.3 is 6.18 Å². The van der Waals surface area contributed by atoms with Crippen molar-refractivity contribution in [3.8, 4) is 0 Å². The number of rotatable bonds is 12. The van der Waals surface area contributed by atoms with Crippen molar-refractivity contribution >= 4 is 46.7 Å². The number of halogens is 5. The van der Waals surface area contributed by atoms with Crippen molar-refractivity contribution < 1.29 is 32.3 Å². The van der Waals surface area contributed by atoms with Crippen LogP contribution >= 0.6 is 23.2 Å². The lowest BCUT2D eigenvalue weighted by Crippen LogP contribution is -2.58. The van der Waals surface area contributed by atoms with E-state index in [-0.39, 0.29) is 28.6 Å². The zero-order chi connectivity index (χ0) is 31.7. The Bertz CT molecular complexity index is 1440. The van der Waals surface area contributed by atoms with Gasteiger partial charge in [-0.2, -0.15) is 13.2 Å². The van der Waals surface area contributed by atoms with Gasteiger partial charge in [-0.05, 0) is 41.3 Å².